The molecule has 0 aromatic heterocycles. The molecule has 2 aliphatic rings. The number of nitrogens with one attached hydrogen (secondary N) is 1. The first-order chi connectivity index (χ1) is 17.4. The second-order valence-corrected chi connectivity index (χ2v) is 9.40. The van der Waals surface area contributed by atoms with Gasteiger partial charge in [-0.3, -0.25) is 4.79 Å². The van der Waals surface area contributed by atoms with Crippen LogP contribution in [0.1, 0.15) is 39.9 Å². The van der Waals surface area contributed by atoms with E-state index >= 15 is 0 Å². The molecule has 0 bridgehead atoms. The standard InChI is InChI=1S/C29H24BrNO5/c1-16-24(29(33)35-3)25(26-27(31-16)18-11-7-8-12-19(18)28(26)32)20-13-22(34-2)23(14-21(20)30)36-15-17-9-5-4-6-10-17/h4-14,25,31H,15H2,1-3H3/t25-/m1/s1. The van der Waals surface area contributed by atoms with Gasteiger partial charge in [-0.05, 0) is 30.2 Å². The Morgan fingerprint density at radius 2 is 1.67 bits per heavy atom. The van der Waals surface area contributed by atoms with Crippen LogP contribution in [0.2, 0.25) is 0 Å². The van der Waals surface area contributed by atoms with Gasteiger partial charge in [0.15, 0.2) is 17.3 Å². The Bertz CT molecular complexity index is 1440. The number of Topliss-reactive ketones (excluding diaryl/α,β-unsaturated/α-hetero) is 1. The molecule has 1 heterocycles. The minimum atomic E-state index is -0.667. The van der Waals surface area contributed by atoms with E-state index < -0.39 is 11.9 Å². The summed E-state index contributed by atoms with van der Waals surface area (Å²) in [5.74, 6) is -0.256. The van der Waals surface area contributed by atoms with Crippen molar-refractivity contribution in [2.45, 2.75) is 19.4 Å². The summed E-state index contributed by atoms with van der Waals surface area (Å²) in [6, 6.07) is 20.9. The van der Waals surface area contributed by atoms with Gasteiger partial charge in [-0.25, -0.2) is 4.79 Å². The molecule has 3 aromatic carbocycles. The number of hydrogen-bond donors (Lipinski definition) is 1. The van der Waals surface area contributed by atoms with Crippen molar-refractivity contribution >= 4 is 33.4 Å². The maximum atomic E-state index is 13.6. The SMILES string of the molecule is COC(=O)C1=C(C)NC2=C(C(=O)c3ccccc32)[C@@H]1c1cc(OC)c(OCc2ccccc2)cc1Br. The number of rotatable bonds is 6. The first-order valence-electron chi connectivity index (χ1n) is 11.4. The lowest BCUT2D eigenvalue weighted by molar-refractivity contribution is -0.136. The molecule has 0 fully saturated rings. The van der Waals surface area contributed by atoms with Gasteiger partial charge >= 0.3 is 5.97 Å². The summed E-state index contributed by atoms with van der Waals surface area (Å²) in [5.41, 5.74) is 5.36. The predicted molar refractivity (Wildman–Crippen MR) is 140 cm³/mol. The minimum absolute atomic E-state index is 0.123. The van der Waals surface area contributed by atoms with Crippen LogP contribution < -0.4 is 14.8 Å². The first kappa shape index (κ1) is 23.9. The van der Waals surface area contributed by atoms with Crippen LogP contribution in [0.25, 0.3) is 5.70 Å². The summed E-state index contributed by atoms with van der Waals surface area (Å²) < 4.78 is 17.6. The average Bonchev–Trinajstić information content (AvgIpc) is 3.18. The smallest absolute Gasteiger partial charge is 0.336 e. The van der Waals surface area contributed by atoms with Crippen molar-refractivity contribution in [2.24, 2.45) is 0 Å². The lowest BCUT2D eigenvalue weighted by Gasteiger charge is -2.30. The van der Waals surface area contributed by atoms with Crippen molar-refractivity contribution in [1.29, 1.82) is 0 Å². The topological polar surface area (TPSA) is 73.9 Å². The molecular formula is C29H24BrNO5. The molecule has 0 amide bonds. The van der Waals surface area contributed by atoms with E-state index in [1.54, 1.807) is 13.2 Å². The largest absolute Gasteiger partial charge is 0.493 e. The zero-order valence-corrected chi connectivity index (χ0v) is 21.6. The molecule has 5 rings (SSSR count). The van der Waals surface area contributed by atoms with Gasteiger partial charge in [-0.15, -0.1) is 0 Å². The van der Waals surface area contributed by atoms with Crippen molar-refractivity contribution in [3.8, 4) is 11.5 Å². The highest BCUT2D eigenvalue weighted by Crippen LogP contribution is 2.50. The Morgan fingerprint density at radius 3 is 2.36 bits per heavy atom. The molecule has 7 heteroatoms. The maximum absolute atomic E-state index is 13.6. The van der Waals surface area contributed by atoms with E-state index in [4.69, 9.17) is 14.2 Å². The van der Waals surface area contributed by atoms with Crippen LogP contribution in [0.15, 0.2) is 88.0 Å². The number of allylic oxidation sites excluding steroid dienone is 2. The number of halogens is 1. The fourth-order valence-corrected chi connectivity index (χ4v) is 5.35. The van der Waals surface area contributed by atoms with Gasteiger partial charge in [0.1, 0.15) is 6.61 Å². The van der Waals surface area contributed by atoms with E-state index in [-0.39, 0.29) is 5.78 Å². The Hall–Kier alpha value is -3.84. The van der Waals surface area contributed by atoms with Crippen LogP contribution in [-0.4, -0.2) is 26.0 Å². The number of esters is 1. The monoisotopic (exact) mass is 545 g/mol. The molecule has 6 nitrogen and oxygen atoms in total. The van der Waals surface area contributed by atoms with Crippen LogP contribution in [0.3, 0.4) is 0 Å². The highest BCUT2D eigenvalue weighted by atomic mass is 79.9. The number of ether oxygens (including phenoxy) is 3. The van der Waals surface area contributed by atoms with Crippen LogP contribution in [0.5, 0.6) is 11.5 Å². The van der Waals surface area contributed by atoms with Crippen molar-refractivity contribution in [3.05, 3.63) is 110 Å². The Morgan fingerprint density at radius 1 is 0.972 bits per heavy atom. The third kappa shape index (κ3) is 3.99. The Balaban J connectivity index is 1.62. The molecule has 1 N–H and O–H groups in total. The molecule has 3 aromatic rings. The summed E-state index contributed by atoms with van der Waals surface area (Å²) in [6.07, 6.45) is 0. The van der Waals surface area contributed by atoms with E-state index in [1.165, 1.54) is 7.11 Å². The van der Waals surface area contributed by atoms with Gasteiger partial charge in [0.05, 0.1) is 31.4 Å². The molecule has 1 aliphatic heterocycles. The van der Waals surface area contributed by atoms with Gasteiger partial charge in [0.25, 0.3) is 0 Å². The summed E-state index contributed by atoms with van der Waals surface area (Å²) in [7, 11) is 2.90. The van der Waals surface area contributed by atoms with Gasteiger partial charge in [0.2, 0.25) is 0 Å². The molecule has 182 valence electrons. The highest BCUT2D eigenvalue weighted by molar-refractivity contribution is 9.10. The summed E-state index contributed by atoms with van der Waals surface area (Å²) in [5, 5.41) is 3.29. The molecule has 0 spiro atoms. The molecular weight excluding hydrogens is 522 g/mol. The molecule has 0 unspecified atom stereocenters. The van der Waals surface area contributed by atoms with Crippen LogP contribution in [0.4, 0.5) is 0 Å². The number of dihydropyridines is 1. The first-order valence-corrected chi connectivity index (χ1v) is 12.2. The van der Waals surface area contributed by atoms with Crippen LogP contribution in [0, 0.1) is 0 Å². The minimum Gasteiger partial charge on any atom is -0.493 e. The lowest BCUT2D eigenvalue weighted by atomic mass is 9.79. The fourth-order valence-electron chi connectivity index (χ4n) is 4.80. The molecule has 0 saturated heterocycles. The van der Waals surface area contributed by atoms with Crippen molar-refractivity contribution in [2.75, 3.05) is 14.2 Å². The van der Waals surface area contributed by atoms with Gasteiger partial charge < -0.3 is 19.5 Å². The molecule has 0 saturated carbocycles. The quantitative estimate of drug-likeness (QED) is 0.396. The zero-order chi connectivity index (χ0) is 25.4. The predicted octanol–water partition coefficient (Wildman–Crippen LogP) is 5.78. The van der Waals surface area contributed by atoms with Gasteiger partial charge in [0, 0.05) is 26.9 Å². The van der Waals surface area contributed by atoms with Crippen LogP contribution in [-0.2, 0) is 16.1 Å². The number of benzene rings is 3. The van der Waals surface area contributed by atoms with Gasteiger partial charge in [-0.2, -0.15) is 0 Å². The maximum Gasteiger partial charge on any atom is 0.336 e. The van der Waals surface area contributed by atoms with Gasteiger partial charge in [-0.1, -0.05) is 70.5 Å². The van der Waals surface area contributed by atoms with E-state index in [2.05, 4.69) is 21.2 Å². The number of methoxy groups -OCH3 is 2. The number of carbonyl (C=O) groups excluding carboxylic acids is 2. The van der Waals surface area contributed by atoms with Crippen LogP contribution >= 0.6 is 15.9 Å². The van der Waals surface area contributed by atoms with E-state index in [0.717, 1.165) is 11.1 Å². The Labute approximate surface area is 217 Å². The fraction of sp³-hybridized carbons (Fsp3) is 0.172. The van der Waals surface area contributed by atoms with Crippen molar-refractivity contribution in [3.63, 3.8) is 0 Å². The molecule has 1 atom stereocenters. The summed E-state index contributed by atoms with van der Waals surface area (Å²) in [4.78, 5) is 26.6. The number of carbonyl (C=O) groups is 2. The molecule has 0 radical (unpaired) electrons. The number of fused-ring (bicyclic) bond motifs is 2. The number of ketones is 1. The lowest BCUT2D eigenvalue weighted by Crippen LogP contribution is -2.29. The highest BCUT2D eigenvalue weighted by Gasteiger charge is 2.43. The Kier molecular flexibility index (Phi) is 6.41. The summed E-state index contributed by atoms with van der Waals surface area (Å²) >= 11 is 3.68. The number of hydrogen-bond acceptors (Lipinski definition) is 6. The summed E-state index contributed by atoms with van der Waals surface area (Å²) in [6.45, 7) is 2.18. The second-order valence-electron chi connectivity index (χ2n) is 8.55. The third-order valence-corrected chi connectivity index (χ3v) is 7.17. The second kappa shape index (κ2) is 9.66. The van der Waals surface area contributed by atoms with E-state index in [1.807, 2.05) is 67.6 Å². The van der Waals surface area contributed by atoms with Crippen molar-refractivity contribution in [1.82, 2.24) is 5.32 Å². The zero-order valence-electron chi connectivity index (χ0n) is 20.1. The molecule has 1 aliphatic carbocycles. The van der Waals surface area contributed by atoms with E-state index in [9.17, 15) is 9.59 Å². The third-order valence-electron chi connectivity index (χ3n) is 6.49. The van der Waals surface area contributed by atoms with Crippen molar-refractivity contribution < 1.29 is 23.8 Å². The normalized spacial score (nSPS) is 16.3. The average molecular weight is 546 g/mol. The van der Waals surface area contributed by atoms with E-state index in [0.29, 0.717) is 56.2 Å². The molecule has 36 heavy (non-hydrogen) atoms.